The molecule has 0 saturated heterocycles. The van der Waals surface area contributed by atoms with Gasteiger partial charge in [0.1, 0.15) is 10.6 Å². The first-order chi connectivity index (χ1) is 14.3. The van der Waals surface area contributed by atoms with Gasteiger partial charge in [0, 0.05) is 11.7 Å². The molecule has 2 aromatic rings. The van der Waals surface area contributed by atoms with E-state index in [1.165, 1.54) is 6.07 Å². The SMILES string of the molecule is COc1ccc(NS(=O)(=O)c2cc(C(=O)OC(C)C)ccc2NC2CCCC2)cc1. The van der Waals surface area contributed by atoms with Crippen molar-refractivity contribution in [2.45, 2.75) is 56.6 Å². The summed E-state index contributed by atoms with van der Waals surface area (Å²) in [6, 6.07) is 11.4. The van der Waals surface area contributed by atoms with Gasteiger partial charge in [0.2, 0.25) is 0 Å². The highest BCUT2D eigenvalue weighted by atomic mass is 32.2. The summed E-state index contributed by atoms with van der Waals surface area (Å²) in [5.41, 5.74) is 1.07. The van der Waals surface area contributed by atoms with Crippen LogP contribution in [0.1, 0.15) is 49.9 Å². The topological polar surface area (TPSA) is 93.7 Å². The molecule has 2 aromatic carbocycles. The molecule has 0 amide bonds. The molecular formula is C22H28N2O5S. The lowest BCUT2D eigenvalue weighted by atomic mass is 10.1. The Morgan fingerprint density at radius 2 is 1.73 bits per heavy atom. The molecular weight excluding hydrogens is 404 g/mol. The largest absolute Gasteiger partial charge is 0.497 e. The Kier molecular flexibility index (Phi) is 6.87. The minimum Gasteiger partial charge on any atom is -0.497 e. The third-order valence-electron chi connectivity index (χ3n) is 4.91. The van der Waals surface area contributed by atoms with Crippen molar-refractivity contribution in [3.63, 3.8) is 0 Å². The van der Waals surface area contributed by atoms with Crippen LogP contribution in [0.25, 0.3) is 0 Å². The standard InChI is InChI=1S/C22H28N2O5S/c1-15(2)29-22(25)16-8-13-20(23-17-6-4-5-7-17)21(14-16)30(26,27)24-18-9-11-19(28-3)12-10-18/h8-15,17,23-24H,4-7H2,1-3H3. The molecule has 1 aliphatic rings. The summed E-state index contributed by atoms with van der Waals surface area (Å²) < 4.78 is 39.4. The van der Waals surface area contributed by atoms with E-state index < -0.39 is 16.0 Å². The lowest BCUT2D eigenvalue weighted by Crippen LogP contribution is -2.21. The van der Waals surface area contributed by atoms with Crippen molar-refractivity contribution < 1.29 is 22.7 Å². The van der Waals surface area contributed by atoms with Gasteiger partial charge >= 0.3 is 5.97 Å². The van der Waals surface area contributed by atoms with Crippen LogP contribution in [0.3, 0.4) is 0 Å². The monoisotopic (exact) mass is 432 g/mol. The second-order valence-electron chi connectivity index (χ2n) is 7.62. The fourth-order valence-corrected chi connectivity index (χ4v) is 4.69. The van der Waals surface area contributed by atoms with Gasteiger partial charge < -0.3 is 14.8 Å². The van der Waals surface area contributed by atoms with E-state index in [4.69, 9.17) is 9.47 Å². The van der Waals surface area contributed by atoms with E-state index in [2.05, 4.69) is 10.0 Å². The van der Waals surface area contributed by atoms with Crippen molar-refractivity contribution in [3.05, 3.63) is 48.0 Å². The van der Waals surface area contributed by atoms with Gasteiger partial charge in [0.25, 0.3) is 10.0 Å². The summed E-state index contributed by atoms with van der Waals surface area (Å²) in [6.07, 6.45) is 3.90. The number of hydrogen-bond donors (Lipinski definition) is 2. The van der Waals surface area contributed by atoms with Crippen LogP contribution in [0.15, 0.2) is 47.4 Å². The van der Waals surface area contributed by atoms with Crippen molar-refractivity contribution in [1.82, 2.24) is 0 Å². The average molecular weight is 433 g/mol. The Morgan fingerprint density at radius 1 is 1.07 bits per heavy atom. The third-order valence-corrected chi connectivity index (χ3v) is 6.33. The molecule has 3 rings (SSSR count). The number of rotatable bonds is 8. The first-order valence-electron chi connectivity index (χ1n) is 10.1. The first-order valence-corrected chi connectivity index (χ1v) is 11.6. The molecule has 7 nitrogen and oxygen atoms in total. The summed E-state index contributed by atoms with van der Waals surface area (Å²) in [7, 11) is -2.41. The van der Waals surface area contributed by atoms with E-state index in [1.807, 2.05) is 0 Å². The molecule has 0 heterocycles. The molecule has 0 unspecified atom stereocenters. The highest BCUT2D eigenvalue weighted by Gasteiger charge is 2.24. The van der Waals surface area contributed by atoms with Crippen LogP contribution in [0.4, 0.5) is 11.4 Å². The fourth-order valence-electron chi connectivity index (χ4n) is 3.43. The molecule has 0 bridgehead atoms. The zero-order chi connectivity index (χ0) is 21.7. The molecule has 0 aliphatic heterocycles. The number of ether oxygens (including phenoxy) is 2. The second-order valence-corrected chi connectivity index (χ2v) is 9.28. The van der Waals surface area contributed by atoms with E-state index in [1.54, 1.807) is 57.4 Å². The van der Waals surface area contributed by atoms with Crippen LogP contribution in [0.2, 0.25) is 0 Å². The molecule has 1 saturated carbocycles. The van der Waals surface area contributed by atoms with Gasteiger partial charge in [0.15, 0.2) is 0 Å². The van der Waals surface area contributed by atoms with Gasteiger partial charge in [-0.05, 0) is 69.2 Å². The Bertz CT molecular complexity index is 981. The number of benzene rings is 2. The van der Waals surface area contributed by atoms with Crippen LogP contribution in [-0.2, 0) is 14.8 Å². The van der Waals surface area contributed by atoms with E-state index >= 15 is 0 Å². The van der Waals surface area contributed by atoms with Gasteiger partial charge in [-0.25, -0.2) is 13.2 Å². The Balaban J connectivity index is 1.94. The van der Waals surface area contributed by atoms with Gasteiger partial charge in [-0.2, -0.15) is 0 Å². The van der Waals surface area contributed by atoms with Gasteiger partial charge in [0.05, 0.1) is 24.5 Å². The van der Waals surface area contributed by atoms with E-state index in [0.29, 0.717) is 17.1 Å². The number of methoxy groups -OCH3 is 1. The fraction of sp³-hybridized carbons (Fsp3) is 0.409. The Hall–Kier alpha value is -2.74. The number of carbonyl (C=O) groups is 1. The minimum atomic E-state index is -3.95. The van der Waals surface area contributed by atoms with E-state index in [0.717, 1.165) is 25.7 Å². The summed E-state index contributed by atoms with van der Waals surface area (Å²) >= 11 is 0. The van der Waals surface area contributed by atoms with Crippen LogP contribution in [0, 0.1) is 0 Å². The molecule has 0 atom stereocenters. The molecule has 0 aromatic heterocycles. The summed E-state index contributed by atoms with van der Waals surface area (Å²) in [5.74, 6) is 0.0679. The van der Waals surface area contributed by atoms with Crippen molar-refractivity contribution in [2.24, 2.45) is 0 Å². The molecule has 0 radical (unpaired) electrons. The number of carbonyl (C=O) groups excluding carboxylic acids is 1. The van der Waals surface area contributed by atoms with Crippen LogP contribution in [-0.4, -0.2) is 33.6 Å². The molecule has 1 fully saturated rings. The highest BCUT2D eigenvalue weighted by molar-refractivity contribution is 7.92. The van der Waals surface area contributed by atoms with Crippen molar-refractivity contribution >= 4 is 27.4 Å². The average Bonchev–Trinajstić information content (AvgIpc) is 3.21. The molecule has 1 aliphatic carbocycles. The van der Waals surface area contributed by atoms with Crippen LogP contribution in [0.5, 0.6) is 5.75 Å². The van der Waals surface area contributed by atoms with Crippen molar-refractivity contribution in [2.75, 3.05) is 17.1 Å². The first kappa shape index (κ1) is 22.0. The number of sulfonamides is 1. The van der Waals surface area contributed by atoms with E-state index in [-0.39, 0.29) is 22.6 Å². The zero-order valence-electron chi connectivity index (χ0n) is 17.5. The number of nitrogens with one attached hydrogen (secondary N) is 2. The second kappa shape index (κ2) is 9.38. The van der Waals surface area contributed by atoms with Crippen molar-refractivity contribution in [3.8, 4) is 5.75 Å². The smallest absolute Gasteiger partial charge is 0.338 e. The summed E-state index contributed by atoms with van der Waals surface area (Å²) in [5, 5.41) is 3.34. The van der Waals surface area contributed by atoms with Crippen molar-refractivity contribution in [1.29, 1.82) is 0 Å². The number of esters is 1. The Labute approximate surface area is 177 Å². The van der Waals surface area contributed by atoms with Crippen LogP contribution < -0.4 is 14.8 Å². The molecule has 162 valence electrons. The molecule has 2 N–H and O–H groups in total. The molecule has 30 heavy (non-hydrogen) atoms. The highest BCUT2D eigenvalue weighted by Crippen LogP contribution is 2.30. The number of hydrogen-bond acceptors (Lipinski definition) is 6. The normalized spacial score (nSPS) is 14.5. The van der Waals surface area contributed by atoms with Crippen LogP contribution >= 0.6 is 0 Å². The summed E-state index contributed by atoms with van der Waals surface area (Å²) in [6.45, 7) is 3.49. The minimum absolute atomic E-state index is 0.0171. The van der Waals surface area contributed by atoms with Gasteiger partial charge in [-0.15, -0.1) is 0 Å². The maximum absolute atomic E-state index is 13.2. The van der Waals surface area contributed by atoms with Gasteiger partial charge in [-0.1, -0.05) is 12.8 Å². The quantitative estimate of drug-likeness (QED) is 0.600. The van der Waals surface area contributed by atoms with Gasteiger partial charge in [-0.3, -0.25) is 4.72 Å². The lowest BCUT2D eigenvalue weighted by molar-refractivity contribution is 0.0377. The van der Waals surface area contributed by atoms with E-state index in [9.17, 15) is 13.2 Å². The number of anilines is 2. The zero-order valence-corrected chi connectivity index (χ0v) is 18.3. The maximum atomic E-state index is 13.2. The third kappa shape index (κ3) is 5.44. The maximum Gasteiger partial charge on any atom is 0.338 e. The predicted molar refractivity (Wildman–Crippen MR) is 117 cm³/mol. The lowest BCUT2D eigenvalue weighted by Gasteiger charge is -2.19. The molecule has 0 spiro atoms. The Morgan fingerprint density at radius 3 is 2.33 bits per heavy atom. The predicted octanol–water partition coefficient (Wildman–Crippen LogP) is 4.42. The molecule has 8 heteroatoms. The summed E-state index contributed by atoms with van der Waals surface area (Å²) in [4.78, 5) is 12.4.